The Morgan fingerprint density at radius 1 is 1.06 bits per heavy atom. The van der Waals surface area contributed by atoms with Crippen LogP contribution in [0.5, 0.6) is 5.75 Å². The van der Waals surface area contributed by atoms with Crippen LogP contribution in [-0.4, -0.2) is 57.7 Å². The van der Waals surface area contributed by atoms with Crippen LogP contribution in [0.1, 0.15) is 36.6 Å². The van der Waals surface area contributed by atoms with E-state index in [0.717, 1.165) is 72.5 Å². The van der Waals surface area contributed by atoms with E-state index in [9.17, 15) is 4.39 Å². The van der Waals surface area contributed by atoms with Gasteiger partial charge in [0, 0.05) is 37.8 Å². The lowest BCUT2D eigenvalue weighted by Crippen LogP contribution is -2.46. The molecule has 3 aliphatic rings. The third kappa shape index (κ3) is 3.58. The number of fused-ring (bicyclic) bond motifs is 1. The minimum Gasteiger partial charge on any atom is -0.484 e. The summed E-state index contributed by atoms with van der Waals surface area (Å²) in [5.41, 5.74) is 4.76. The number of nitrogens with zero attached hydrogens (tertiary/aromatic N) is 7. The van der Waals surface area contributed by atoms with Crippen molar-refractivity contribution in [3.63, 3.8) is 0 Å². The summed E-state index contributed by atoms with van der Waals surface area (Å²) >= 11 is 1.56. The summed E-state index contributed by atoms with van der Waals surface area (Å²) in [4.78, 5) is 18.1. The second kappa shape index (κ2) is 7.47. The van der Waals surface area contributed by atoms with Crippen molar-refractivity contribution in [1.82, 2.24) is 20.2 Å². The Bertz CT molecular complexity index is 1190. The van der Waals surface area contributed by atoms with E-state index in [2.05, 4.69) is 35.0 Å². The number of anilines is 2. The average molecular weight is 452 g/mol. The van der Waals surface area contributed by atoms with E-state index in [1.54, 1.807) is 35.3 Å². The normalized spacial score (nSPS) is 19.0. The Kier molecular flexibility index (Phi) is 4.56. The molecule has 10 heteroatoms. The van der Waals surface area contributed by atoms with Crippen LogP contribution in [0.25, 0.3) is 0 Å². The maximum atomic E-state index is 14.6. The van der Waals surface area contributed by atoms with Gasteiger partial charge in [-0.1, -0.05) is 11.3 Å². The molecule has 1 saturated heterocycles. The van der Waals surface area contributed by atoms with Crippen LogP contribution in [0.4, 0.5) is 15.3 Å². The highest BCUT2D eigenvalue weighted by atomic mass is 32.1. The molecule has 1 saturated carbocycles. The van der Waals surface area contributed by atoms with Gasteiger partial charge in [-0.05, 0) is 37.5 Å². The fraction of sp³-hybridized carbons (Fsp3) is 0.409. The molecular weight excluding hydrogens is 429 g/mol. The molecule has 8 nitrogen and oxygen atoms in total. The Balaban J connectivity index is 1.23. The van der Waals surface area contributed by atoms with E-state index in [1.807, 2.05) is 13.0 Å². The summed E-state index contributed by atoms with van der Waals surface area (Å²) < 4.78 is 20.5. The number of ether oxygens (including phenoxy) is 1. The molecule has 3 aromatic rings. The van der Waals surface area contributed by atoms with Crippen molar-refractivity contribution in [2.45, 2.75) is 31.9 Å². The van der Waals surface area contributed by atoms with Gasteiger partial charge in [-0.15, -0.1) is 10.2 Å². The Morgan fingerprint density at radius 3 is 2.62 bits per heavy atom. The van der Waals surface area contributed by atoms with Crippen LogP contribution in [0.15, 0.2) is 35.0 Å². The van der Waals surface area contributed by atoms with Crippen molar-refractivity contribution in [2.75, 3.05) is 36.0 Å². The van der Waals surface area contributed by atoms with Gasteiger partial charge in [0.2, 0.25) is 5.13 Å². The molecule has 0 radical (unpaired) electrons. The van der Waals surface area contributed by atoms with Gasteiger partial charge in [-0.3, -0.25) is 4.99 Å². The zero-order valence-electron chi connectivity index (χ0n) is 17.7. The predicted octanol–water partition coefficient (Wildman–Crippen LogP) is 3.08. The number of aromatic nitrogens is 4. The molecule has 1 aliphatic carbocycles. The largest absolute Gasteiger partial charge is 0.484 e. The number of benzene rings is 1. The molecule has 2 aliphatic heterocycles. The number of rotatable bonds is 5. The van der Waals surface area contributed by atoms with E-state index >= 15 is 0 Å². The highest BCUT2D eigenvalue weighted by Gasteiger charge is 2.41. The summed E-state index contributed by atoms with van der Waals surface area (Å²) in [7, 11) is 0. The summed E-state index contributed by atoms with van der Waals surface area (Å²) in [5.74, 6) is 0.831. The van der Waals surface area contributed by atoms with Gasteiger partial charge in [0.1, 0.15) is 23.3 Å². The number of hydrogen-bond acceptors (Lipinski definition) is 9. The number of aliphatic imine (C=N–C) groups is 1. The van der Waals surface area contributed by atoms with E-state index in [-0.39, 0.29) is 11.4 Å². The van der Waals surface area contributed by atoms with Gasteiger partial charge < -0.3 is 14.5 Å². The van der Waals surface area contributed by atoms with Crippen molar-refractivity contribution >= 4 is 28.0 Å². The van der Waals surface area contributed by atoms with Crippen molar-refractivity contribution in [1.29, 1.82) is 0 Å². The number of halogens is 1. The first-order valence-corrected chi connectivity index (χ1v) is 11.6. The second-order valence-electron chi connectivity index (χ2n) is 8.61. The van der Waals surface area contributed by atoms with Crippen LogP contribution < -0.4 is 14.5 Å². The lowest BCUT2D eigenvalue weighted by molar-refractivity contribution is 0.191. The first-order valence-electron chi connectivity index (χ1n) is 10.7. The molecule has 4 heterocycles. The molecule has 2 aromatic heterocycles. The van der Waals surface area contributed by atoms with Crippen LogP contribution in [0.2, 0.25) is 0 Å². The molecule has 0 bridgehead atoms. The molecule has 6 rings (SSSR count). The molecular formula is C22H22FN7OS. The smallest absolute Gasteiger partial charge is 0.208 e. The summed E-state index contributed by atoms with van der Waals surface area (Å²) in [5, 5.41) is 9.05. The first kappa shape index (κ1) is 19.5. The zero-order valence-corrected chi connectivity index (χ0v) is 18.5. The molecule has 0 unspecified atom stereocenters. The Hall–Kier alpha value is -3.14. The van der Waals surface area contributed by atoms with Gasteiger partial charge in [-0.25, -0.2) is 14.4 Å². The highest BCUT2D eigenvalue weighted by Crippen LogP contribution is 2.41. The topological polar surface area (TPSA) is 79.6 Å². The quantitative estimate of drug-likeness (QED) is 0.590. The molecule has 164 valence electrons. The Labute approximate surface area is 188 Å². The van der Waals surface area contributed by atoms with Gasteiger partial charge in [0.05, 0.1) is 18.0 Å². The van der Waals surface area contributed by atoms with Crippen LogP contribution in [0.3, 0.4) is 0 Å². The molecule has 0 amide bonds. The molecule has 0 spiro atoms. The molecule has 0 N–H and O–H groups in total. The van der Waals surface area contributed by atoms with Crippen LogP contribution in [0, 0.1) is 5.82 Å². The summed E-state index contributed by atoms with van der Waals surface area (Å²) in [6.45, 7) is 5.84. The van der Waals surface area contributed by atoms with Crippen molar-refractivity contribution in [2.24, 2.45) is 4.99 Å². The highest BCUT2D eigenvalue weighted by molar-refractivity contribution is 7.13. The maximum Gasteiger partial charge on any atom is 0.208 e. The monoisotopic (exact) mass is 451 g/mol. The summed E-state index contributed by atoms with van der Waals surface area (Å²) in [6.07, 6.45) is 3.48. The fourth-order valence-corrected chi connectivity index (χ4v) is 4.73. The average Bonchev–Trinajstić information content (AvgIpc) is 3.20. The van der Waals surface area contributed by atoms with Crippen molar-refractivity contribution < 1.29 is 9.13 Å². The van der Waals surface area contributed by atoms with Gasteiger partial charge in [0.15, 0.2) is 11.6 Å². The fourth-order valence-electron chi connectivity index (χ4n) is 4.12. The second-order valence-corrected chi connectivity index (χ2v) is 9.43. The van der Waals surface area contributed by atoms with Crippen molar-refractivity contribution in [3.8, 4) is 5.75 Å². The van der Waals surface area contributed by atoms with Gasteiger partial charge in [0.25, 0.3) is 0 Å². The zero-order chi connectivity index (χ0) is 21.7. The van der Waals surface area contributed by atoms with Crippen LogP contribution >= 0.6 is 11.3 Å². The van der Waals surface area contributed by atoms with E-state index < -0.39 is 0 Å². The van der Waals surface area contributed by atoms with E-state index in [0.29, 0.717) is 12.3 Å². The molecule has 2 fully saturated rings. The lowest BCUT2D eigenvalue weighted by atomic mass is 10.0. The molecule has 1 aromatic carbocycles. The standard InChI is InChI=1S/C22H22FN7OS/c1-22(2-3-22)31-18-9-15-14(8-16(18)23)11-24-20(15)17-10-19(26-12-25-17)29-4-6-30(7-5-29)21-28-27-13-32-21/h8-10,12-13H,2-7,11H2,1H3. The number of hydrogen-bond donors (Lipinski definition) is 0. The predicted molar refractivity (Wildman–Crippen MR) is 120 cm³/mol. The van der Waals surface area contributed by atoms with Crippen molar-refractivity contribution in [3.05, 3.63) is 52.7 Å². The van der Waals surface area contributed by atoms with Gasteiger partial charge in [-0.2, -0.15) is 0 Å². The van der Waals surface area contributed by atoms with E-state index in [4.69, 9.17) is 4.74 Å². The lowest BCUT2D eigenvalue weighted by Gasteiger charge is -2.35. The van der Waals surface area contributed by atoms with Crippen LogP contribution in [-0.2, 0) is 6.54 Å². The molecule has 0 atom stereocenters. The summed E-state index contributed by atoms with van der Waals surface area (Å²) in [6, 6.07) is 5.30. The Morgan fingerprint density at radius 2 is 1.88 bits per heavy atom. The third-order valence-corrected chi connectivity index (χ3v) is 7.00. The minimum atomic E-state index is -0.329. The van der Waals surface area contributed by atoms with E-state index in [1.165, 1.54) is 0 Å². The maximum absolute atomic E-state index is 14.6. The minimum absolute atomic E-state index is 0.246. The number of piperazine rings is 1. The molecule has 32 heavy (non-hydrogen) atoms. The van der Waals surface area contributed by atoms with Gasteiger partial charge >= 0.3 is 0 Å². The first-order chi connectivity index (χ1) is 15.6. The SMILES string of the molecule is CC1(Oc2cc3c(cc2F)CN=C3c2cc(N3CCN(c4nncs4)CC3)ncn2)CC1. The third-order valence-electron chi connectivity index (χ3n) is 6.25.